The van der Waals surface area contributed by atoms with Crippen molar-refractivity contribution in [1.82, 2.24) is 4.31 Å². The second-order valence-corrected chi connectivity index (χ2v) is 7.47. The van der Waals surface area contributed by atoms with E-state index >= 15 is 0 Å². The largest absolute Gasteiger partial charge is 0.454 e. The minimum atomic E-state index is -3.59. The van der Waals surface area contributed by atoms with Crippen LogP contribution in [0.1, 0.15) is 20.7 Å². The number of hydrogen-bond donors (Lipinski definition) is 0. The maximum absolute atomic E-state index is 12.8. The van der Waals surface area contributed by atoms with Crippen molar-refractivity contribution < 1.29 is 27.1 Å². The molecule has 0 fully saturated rings. The van der Waals surface area contributed by atoms with Gasteiger partial charge in [0.2, 0.25) is 10.0 Å². The number of ketones is 1. The highest BCUT2D eigenvalue weighted by molar-refractivity contribution is 7.89. The van der Waals surface area contributed by atoms with Crippen LogP contribution in [-0.2, 0) is 14.8 Å². The lowest BCUT2D eigenvalue weighted by Crippen LogP contribution is -2.22. The van der Waals surface area contributed by atoms with Gasteiger partial charge in [-0.1, -0.05) is 0 Å². The topological polar surface area (TPSA) is 80.8 Å². The average molecular weight is 365 g/mol. The molecule has 0 heterocycles. The molecule has 0 bridgehead atoms. The van der Waals surface area contributed by atoms with Gasteiger partial charge in [0, 0.05) is 19.7 Å². The standard InChI is InChI=1S/C17H16FNO5S/c1-19(2)25(22,23)15-9-5-13(6-10-15)17(21)24-11-16(20)12-3-7-14(18)8-4-12/h3-10H,11H2,1-2H3. The molecule has 0 amide bonds. The summed E-state index contributed by atoms with van der Waals surface area (Å²) in [6, 6.07) is 10.1. The van der Waals surface area contributed by atoms with Crippen LogP contribution in [0.5, 0.6) is 0 Å². The maximum Gasteiger partial charge on any atom is 0.338 e. The first kappa shape index (κ1) is 18.8. The number of nitrogens with zero attached hydrogens (tertiary/aromatic N) is 1. The van der Waals surface area contributed by atoms with Gasteiger partial charge in [0.1, 0.15) is 5.82 Å². The molecule has 132 valence electrons. The van der Waals surface area contributed by atoms with Crippen LogP contribution in [0.4, 0.5) is 4.39 Å². The Morgan fingerprint density at radius 3 is 2.00 bits per heavy atom. The van der Waals surface area contributed by atoms with Gasteiger partial charge in [0.15, 0.2) is 12.4 Å². The summed E-state index contributed by atoms with van der Waals surface area (Å²) in [4.78, 5) is 23.8. The molecule has 0 saturated carbocycles. The highest BCUT2D eigenvalue weighted by Crippen LogP contribution is 2.14. The second kappa shape index (κ2) is 7.54. The summed E-state index contributed by atoms with van der Waals surface area (Å²) in [6.07, 6.45) is 0. The van der Waals surface area contributed by atoms with Gasteiger partial charge >= 0.3 is 5.97 Å². The molecule has 0 aromatic heterocycles. The van der Waals surface area contributed by atoms with E-state index in [1.165, 1.54) is 50.5 Å². The van der Waals surface area contributed by atoms with Crippen molar-refractivity contribution in [3.05, 3.63) is 65.5 Å². The summed E-state index contributed by atoms with van der Waals surface area (Å²) in [7, 11) is -0.785. The molecule has 2 rings (SSSR count). The highest BCUT2D eigenvalue weighted by Gasteiger charge is 2.18. The minimum Gasteiger partial charge on any atom is -0.454 e. The van der Waals surface area contributed by atoms with Crippen molar-refractivity contribution in [2.75, 3.05) is 20.7 Å². The Balaban J connectivity index is 2.01. The van der Waals surface area contributed by atoms with Gasteiger partial charge in [-0.15, -0.1) is 0 Å². The number of esters is 1. The molecule has 2 aromatic carbocycles. The molecule has 0 unspecified atom stereocenters. The van der Waals surface area contributed by atoms with Crippen LogP contribution >= 0.6 is 0 Å². The predicted molar refractivity (Wildman–Crippen MR) is 88.3 cm³/mol. The summed E-state index contributed by atoms with van der Waals surface area (Å²) in [5, 5.41) is 0. The quantitative estimate of drug-likeness (QED) is 0.579. The Morgan fingerprint density at radius 2 is 1.48 bits per heavy atom. The molecule has 0 radical (unpaired) electrons. The number of ether oxygens (including phenoxy) is 1. The number of carbonyl (C=O) groups is 2. The van der Waals surface area contributed by atoms with E-state index in [4.69, 9.17) is 4.74 Å². The highest BCUT2D eigenvalue weighted by atomic mass is 32.2. The van der Waals surface area contributed by atoms with Crippen LogP contribution in [0.2, 0.25) is 0 Å². The van der Waals surface area contributed by atoms with E-state index in [1.807, 2.05) is 0 Å². The van der Waals surface area contributed by atoms with E-state index in [2.05, 4.69) is 0 Å². The van der Waals surface area contributed by atoms with Crippen LogP contribution in [0.15, 0.2) is 53.4 Å². The van der Waals surface area contributed by atoms with E-state index in [-0.39, 0.29) is 16.0 Å². The van der Waals surface area contributed by atoms with E-state index in [1.54, 1.807) is 0 Å². The Hall–Kier alpha value is -2.58. The lowest BCUT2D eigenvalue weighted by Gasteiger charge is -2.11. The van der Waals surface area contributed by atoms with Crippen molar-refractivity contribution >= 4 is 21.8 Å². The number of hydrogen-bond acceptors (Lipinski definition) is 5. The molecule has 0 aliphatic rings. The van der Waals surface area contributed by atoms with Gasteiger partial charge in [-0.25, -0.2) is 21.9 Å². The van der Waals surface area contributed by atoms with E-state index in [0.29, 0.717) is 0 Å². The number of sulfonamides is 1. The smallest absolute Gasteiger partial charge is 0.338 e. The Morgan fingerprint density at radius 1 is 0.960 bits per heavy atom. The summed E-state index contributed by atoms with van der Waals surface area (Å²) >= 11 is 0. The molecule has 0 saturated heterocycles. The fourth-order valence-electron chi connectivity index (χ4n) is 1.91. The number of carbonyl (C=O) groups excluding carboxylic acids is 2. The molecule has 0 N–H and O–H groups in total. The van der Waals surface area contributed by atoms with Crippen molar-refractivity contribution in [3.63, 3.8) is 0 Å². The fraction of sp³-hybridized carbons (Fsp3) is 0.176. The Labute approximate surface area is 144 Å². The van der Waals surface area contributed by atoms with Crippen molar-refractivity contribution in [2.45, 2.75) is 4.90 Å². The first-order valence-electron chi connectivity index (χ1n) is 7.20. The van der Waals surface area contributed by atoms with Crippen LogP contribution in [0.25, 0.3) is 0 Å². The lowest BCUT2D eigenvalue weighted by molar-refractivity contribution is 0.0474. The molecule has 2 aromatic rings. The Kier molecular flexibility index (Phi) is 5.66. The molecule has 0 spiro atoms. The molecule has 25 heavy (non-hydrogen) atoms. The Bertz CT molecular complexity index is 874. The number of rotatable bonds is 6. The third kappa shape index (κ3) is 4.49. The van der Waals surface area contributed by atoms with Crippen LogP contribution in [0, 0.1) is 5.82 Å². The molecule has 0 aliphatic carbocycles. The van der Waals surface area contributed by atoms with Gasteiger partial charge in [-0.2, -0.15) is 0 Å². The minimum absolute atomic E-state index is 0.0384. The number of halogens is 1. The fourth-order valence-corrected chi connectivity index (χ4v) is 2.81. The first-order chi connectivity index (χ1) is 11.7. The zero-order valence-corrected chi connectivity index (χ0v) is 14.4. The molecule has 0 aliphatic heterocycles. The summed E-state index contributed by atoms with van der Waals surface area (Å²) in [5.74, 6) is -1.70. The lowest BCUT2D eigenvalue weighted by atomic mass is 10.1. The molecule has 6 nitrogen and oxygen atoms in total. The van der Waals surface area contributed by atoms with Gasteiger partial charge in [-0.3, -0.25) is 4.79 Å². The number of Topliss-reactive ketones (excluding diaryl/α,β-unsaturated/α-hetero) is 1. The zero-order valence-electron chi connectivity index (χ0n) is 13.6. The summed E-state index contributed by atoms with van der Waals surface area (Å²) in [6.45, 7) is -0.498. The van der Waals surface area contributed by atoms with E-state index in [0.717, 1.165) is 16.4 Å². The number of benzene rings is 2. The maximum atomic E-state index is 12.8. The van der Waals surface area contributed by atoms with Gasteiger partial charge in [-0.05, 0) is 48.5 Å². The van der Waals surface area contributed by atoms with Gasteiger partial charge in [0.25, 0.3) is 0 Å². The third-order valence-corrected chi connectivity index (χ3v) is 5.20. The van der Waals surface area contributed by atoms with Crippen molar-refractivity contribution in [1.29, 1.82) is 0 Å². The summed E-state index contributed by atoms with van der Waals surface area (Å²) < 4.78 is 42.7. The SMILES string of the molecule is CN(C)S(=O)(=O)c1ccc(C(=O)OCC(=O)c2ccc(F)cc2)cc1. The molecule has 0 atom stereocenters. The molecular weight excluding hydrogens is 349 g/mol. The normalized spacial score (nSPS) is 11.4. The third-order valence-electron chi connectivity index (χ3n) is 3.37. The van der Waals surface area contributed by atoms with E-state index in [9.17, 15) is 22.4 Å². The zero-order chi connectivity index (χ0) is 18.6. The molecular formula is C17H16FNO5S. The average Bonchev–Trinajstić information content (AvgIpc) is 2.60. The van der Waals surface area contributed by atoms with Crippen molar-refractivity contribution in [2.24, 2.45) is 0 Å². The predicted octanol–water partition coefficient (Wildman–Crippen LogP) is 2.12. The van der Waals surface area contributed by atoms with E-state index < -0.39 is 34.2 Å². The van der Waals surface area contributed by atoms with Crippen molar-refractivity contribution in [3.8, 4) is 0 Å². The van der Waals surface area contributed by atoms with Crippen LogP contribution in [0.3, 0.4) is 0 Å². The summed E-state index contributed by atoms with van der Waals surface area (Å²) in [5.41, 5.74) is 0.339. The molecule has 8 heteroatoms. The van der Waals surface area contributed by atoms with Gasteiger partial charge in [0.05, 0.1) is 10.5 Å². The van der Waals surface area contributed by atoms with Gasteiger partial charge < -0.3 is 4.74 Å². The van der Waals surface area contributed by atoms with Crippen LogP contribution < -0.4 is 0 Å². The second-order valence-electron chi connectivity index (χ2n) is 5.32. The first-order valence-corrected chi connectivity index (χ1v) is 8.64. The monoisotopic (exact) mass is 365 g/mol. The van der Waals surface area contributed by atoms with Crippen LogP contribution in [-0.4, -0.2) is 45.2 Å².